The normalized spacial score (nSPS) is 14.1. The van der Waals surface area contributed by atoms with Crippen molar-refractivity contribution in [2.75, 3.05) is 7.11 Å². The minimum atomic E-state index is -0.427. The lowest BCUT2D eigenvalue weighted by Crippen LogP contribution is -2.40. The number of ether oxygens (including phenoxy) is 1. The average molecular weight is 256 g/mol. The Kier molecular flexibility index (Phi) is 5.45. The van der Waals surface area contributed by atoms with Crippen molar-refractivity contribution in [3.05, 3.63) is 34.9 Å². The first-order chi connectivity index (χ1) is 8.04. The molecule has 4 heteroatoms. The Morgan fingerprint density at radius 1 is 1.41 bits per heavy atom. The van der Waals surface area contributed by atoms with Crippen LogP contribution in [0.2, 0.25) is 5.02 Å². The van der Waals surface area contributed by atoms with Gasteiger partial charge in [0.25, 0.3) is 0 Å². The SMILES string of the molecule is COC(C)C(=O)NC(C)Cc1ccccc1Cl. The Balaban J connectivity index is 2.53. The molecule has 0 fully saturated rings. The molecule has 1 rings (SSSR count). The number of nitrogens with one attached hydrogen (secondary N) is 1. The van der Waals surface area contributed by atoms with Crippen molar-refractivity contribution in [1.29, 1.82) is 0 Å². The molecule has 0 radical (unpaired) electrons. The van der Waals surface area contributed by atoms with Gasteiger partial charge < -0.3 is 10.1 Å². The largest absolute Gasteiger partial charge is 0.372 e. The van der Waals surface area contributed by atoms with E-state index in [2.05, 4.69) is 5.32 Å². The molecule has 1 amide bonds. The van der Waals surface area contributed by atoms with Crippen molar-refractivity contribution in [3.8, 4) is 0 Å². The minimum absolute atomic E-state index is 0.0278. The Morgan fingerprint density at radius 3 is 2.65 bits per heavy atom. The summed E-state index contributed by atoms with van der Waals surface area (Å²) >= 11 is 6.06. The van der Waals surface area contributed by atoms with Gasteiger partial charge >= 0.3 is 0 Å². The lowest BCUT2D eigenvalue weighted by Gasteiger charge is -2.17. The number of amides is 1. The molecule has 94 valence electrons. The van der Waals surface area contributed by atoms with Crippen molar-refractivity contribution in [2.24, 2.45) is 0 Å². The van der Waals surface area contributed by atoms with Gasteiger partial charge in [-0.2, -0.15) is 0 Å². The summed E-state index contributed by atoms with van der Waals surface area (Å²) in [6.45, 7) is 3.67. The van der Waals surface area contributed by atoms with Crippen molar-refractivity contribution >= 4 is 17.5 Å². The van der Waals surface area contributed by atoms with E-state index in [0.717, 1.165) is 10.6 Å². The van der Waals surface area contributed by atoms with Gasteiger partial charge in [-0.1, -0.05) is 29.8 Å². The molecule has 0 spiro atoms. The highest BCUT2D eigenvalue weighted by atomic mass is 35.5. The molecule has 0 aliphatic carbocycles. The van der Waals surface area contributed by atoms with E-state index >= 15 is 0 Å². The zero-order chi connectivity index (χ0) is 12.8. The second-order valence-electron chi connectivity index (χ2n) is 4.08. The molecule has 1 aromatic rings. The smallest absolute Gasteiger partial charge is 0.249 e. The molecule has 0 bridgehead atoms. The van der Waals surface area contributed by atoms with E-state index in [9.17, 15) is 4.79 Å². The molecule has 17 heavy (non-hydrogen) atoms. The second kappa shape index (κ2) is 6.62. The molecule has 0 heterocycles. The lowest BCUT2D eigenvalue weighted by molar-refractivity contribution is -0.130. The first-order valence-corrected chi connectivity index (χ1v) is 5.99. The molecule has 3 nitrogen and oxygen atoms in total. The summed E-state index contributed by atoms with van der Waals surface area (Å²) in [6.07, 6.45) is 0.283. The van der Waals surface area contributed by atoms with Gasteiger partial charge in [0, 0.05) is 18.2 Å². The lowest BCUT2D eigenvalue weighted by atomic mass is 10.1. The number of benzene rings is 1. The topological polar surface area (TPSA) is 38.3 Å². The van der Waals surface area contributed by atoms with Gasteiger partial charge in [-0.05, 0) is 31.9 Å². The predicted molar refractivity (Wildman–Crippen MR) is 69.2 cm³/mol. The number of methoxy groups -OCH3 is 1. The summed E-state index contributed by atoms with van der Waals surface area (Å²) < 4.78 is 4.95. The van der Waals surface area contributed by atoms with Crippen LogP contribution in [-0.2, 0) is 16.0 Å². The van der Waals surface area contributed by atoms with E-state index in [-0.39, 0.29) is 11.9 Å². The van der Waals surface area contributed by atoms with E-state index in [4.69, 9.17) is 16.3 Å². The third kappa shape index (κ3) is 4.36. The molecule has 0 aromatic heterocycles. The molecular formula is C13H18ClNO2. The fourth-order valence-electron chi connectivity index (χ4n) is 1.51. The Labute approximate surface area is 107 Å². The van der Waals surface area contributed by atoms with E-state index in [1.165, 1.54) is 7.11 Å². The number of rotatable bonds is 5. The van der Waals surface area contributed by atoms with Crippen LogP contribution in [-0.4, -0.2) is 25.2 Å². The van der Waals surface area contributed by atoms with E-state index in [1.54, 1.807) is 6.92 Å². The van der Waals surface area contributed by atoms with E-state index in [0.29, 0.717) is 6.42 Å². The van der Waals surface area contributed by atoms with Crippen LogP contribution in [0.15, 0.2) is 24.3 Å². The fraction of sp³-hybridized carbons (Fsp3) is 0.462. The van der Waals surface area contributed by atoms with Crippen LogP contribution in [0.5, 0.6) is 0 Å². The van der Waals surface area contributed by atoms with Crippen LogP contribution in [0.4, 0.5) is 0 Å². The maximum absolute atomic E-state index is 11.6. The molecule has 1 N–H and O–H groups in total. The third-order valence-corrected chi connectivity index (χ3v) is 2.96. The molecule has 0 aliphatic heterocycles. The van der Waals surface area contributed by atoms with Crippen molar-refractivity contribution < 1.29 is 9.53 Å². The third-order valence-electron chi connectivity index (χ3n) is 2.60. The van der Waals surface area contributed by atoms with Crippen LogP contribution < -0.4 is 5.32 Å². The van der Waals surface area contributed by atoms with Crippen molar-refractivity contribution in [3.63, 3.8) is 0 Å². The van der Waals surface area contributed by atoms with Crippen LogP contribution in [0, 0.1) is 0 Å². The van der Waals surface area contributed by atoms with Gasteiger partial charge in [0.1, 0.15) is 6.10 Å². The monoisotopic (exact) mass is 255 g/mol. The summed E-state index contributed by atoms with van der Waals surface area (Å²) in [4.78, 5) is 11.6. The maximum atomic E-state index is 11.6. The number of hydrogen-bond acceptors (Lipinski definition) is 2. The van der Waals surface area contributed by atoms with Gasteiger partial charge in [0.2, 0.25) is 5.91 Å². The van der Waals surface area contributed by atoms with Crippen LogP contribution in [0.25, 0.3) is 0 Å². The molecule has 1 aromatic carbocycles. The highest BCUT2D eigenvalue weighted by Gasteiger charge is 2.15. The minimum Gasteiger partial charge on any atom is -0.372 e. The summed E-state index contributed by atoms with van der Waals surface area (Å²) in [6, 6.07) is 7.67. The van der Waals surface area contributed by atoms with Gasteiger partial charge in [0.05, 0.1) is 0 Å². The summed E-state index contributed by atoms with van der Waals surface area (Å²) in [5.74, 6) is -0.105. The fourth-order valence-corrected chi connectivity index (χ4v) is 1.72. The van der Waals surface area contributed by atoms with Gasteiger partial charge in [-0.15, -0.1) is 0 Å². The Hall–Kier alpha value is -1.06. The van der Waals surface area contributed by atoms with Crippen molar-refractivity contribution in [1.82, 2.24) is 5.32 Å². The molecule has 0 saturated heterocycles. The van der Waals surface area contributed by atoms with E-state index in [1.807, 2.05) is 31.2 Å². The Morgan fingerprint density at radius 2 is 2.06 bits per heavy atom. The number of halogens is 1. The molecule has 2 unspecified atom stereocenters. The van der Waals surface area contributed by atoms with Crippen molar-refractivity contribution in [2.45, 2.75) is 32.4 Å². The highest BCUT2D eigenvalue weighted by molar-refractivity contribution is 6.31. The number of carbonyl (C=O) groups excluding carboxylic acids is 1. The van der Waals surface area contributed by atoms with Crippen LogP contribution >= 0.6 is 11.6 Å². The number of hydrogen-bond donors (Lipinski definition) is 1. The van der Waals surface area contributed by atoms with Crippen LogP contribution in [0.3, 0.4) is 0 Å². The average Bonchev–Trinajstić information content (AvgIpc) is 2.31. The zero-order valence-electron chi connectivity index (χ0n) is 10.4. The Bertz CT molecular complexity index is 381. The van der Waals surface area contributed by atoms with E-state index < -0.39 is 6.10 Å². The quantitative estimate of drug-likeness (QED) is 0.878. The standard InChI is InChI=1S/C13H18ClNO2/c1-9(15-13(16)10(2)17-3)8-11-6-4-5-7-12(11)14/h4-7,9-10H,8H2,1-3H3,(H,15,16). The summed E-state index contributed by atoms with van der Waals surface area (Å²) in [7, 11) is 1.52. The molecule has 0 aliphatic rings. The van der Waals surface area contributed by atoms with Gasteiger partial charge in [-0.25, -0.2) is 0 Å². The zero-order valence-corrected chi connectivity index (χ0v) is 11.1. The molecular weight excluding hydrogens is 238 g/mol. The summed E-state index contributed by atoms with van der Waals surface area (Å²) in [5.41, 5.74) is 1.03. The first kappa shape index (κ1) is 14.0. The van der Waals surface area contributed by atoms with Gasteiger partial charge in [-0.3, -0.25) is 4.79 Å². The van der Waals surface area contributed by atoms with Gasteiger partial charge in [0.15, 0.2) is 0 Å². The number of carbonyl (C=O) groups is 1. The molecule has 0 saturated carbocycles. The predicted octanol–water partition coefficient (Wildman–Crippen LogP) is 2.42. The molecule has 2 atom stereocenters. The van der Waals surface area contributed by atoms with Crippen LogP contribution in [0.1, 0.15) is 19.4 Å². The first-order valence-electron chi connectivity index (χ1n) is 5.61. The summed E-state index contributed by atoms with van der Waals surface area (Å²) in [5, 5.41) is 3.61. The second-order valence-corrected chi connectivity index (χ2v) is 4.49. The highest BCUT2D eigenvalue weighted by Crippen LogP contribution is 2.16. The maximum Gasteiger partial charge on any atom is 0.249 e.